The van der Waals surface area contributed by atoms with Crippen molar-refractivity contribution in [2.75, 3.05) is 6.86 Å². The summed E-state index contributed by atoms with van der Waals surface area (Å²) in [6, 6.07) is 10.3. The third kappa shape index (κ3) is 5.28. The Balaban J connectivity index is 1.29. The predicted octanol–water partition coefficient (Wildman–Crippen LogP) is 7.04. The van der Waals surface area contributed by atoms with Crippen LogP contribution in [0.3, 0.4) is 0 Å². The van der Waals surface area contributed by atoms with Crippen molar-refractivity contribution in [2.45, 2.75) is 70.8 Å². The molecular formula is C37H37ClF2O9. The second-order valence-electron chi connectivity index (χ2n) is 13.9. The van der Waals surface area contributed by atoms with E-state index in [1.54, 1.807) is 26.8 Å². The minimum atomic E-state index is -2.18. The SMILES string of the molecule is CC(=O)Oc1ccc(Oc2ccc(C(=O)O[C@]3(C(=O)OCF)[C@H](C)C[C@H]4[C@@H]5CCC6=CC(=O)C=C[C@]6(C)[C@@]5(F)[C@@H](O)C[C@@]43C)cc2)cc1Cl. The molecule has 12 heteroatoms. The van der Waals surface area contributed by atoms with E-state index in [4.69, 9.17) is 30.5 Å². The van der Waals surface area contributed by atoms with Gasteiger partial charge in [0.2, 0.25) is 12.5 Å². The highest BCUT2D eigenvalue weighted by atomic mass is 35.5. The van der Waals surface area contributed by atoms with E-state index in [1.807, 2.05) is 0 Å². The fourth-order valence-electron chi connectivity index (χ4n) is 9.16. The molecule has 3 saturated carbocycles. The van der Waals surface area contributed by atoms with Crippen molar-refractivity contribution in [2.24, 2.45) is 28.6 Å². The van der Waals surface area contributed by atoms with Gasteiger partial charge in [0.25, 0.3) is 0 Å². The van der Waals surface area contributed by atoms with Crippen LogP contribution in [0, 0.1) is 28.6 Å². The number of fused-ring (bicyclic) bond motifs is 5. The first-order chi connectivity index (χ1) is 23.1. The lowest BCUT2D eigenvalue weighted by molar-refractivity contribution is -0.229. The monoisotopic (exact) mass is 698 g/mol. The van der Waals surface area contributed by atoms with Crippen molar-refractivity contribution in [3.63, 3.8) is 0 Å². The highest BCUT2D eigenvalue weighted by Gasteiger charge is 2.78. The molecule has 6 rings (SSSR count). The number of carbonyl (C=O) groups is 4. The maximum atomic E-state index is 17.6. The van der Waals surface area contributed by atoms with E-state index in [0.717, 1.165) is 0 Å². The van der Waals surface area contributed by atoms with Crippen LogP contribution < -0.4 is 9.47 Å². The Morgan fingerprint density at radius 3 is 2.41 bits per heavy atom. The van der Waals surface area contributed by atoms with Gasteiger partial charge in [-0.05, 0) is 87.1 Å². The normalized spacial score (nSPS) is 34.5. The predicted molar refractivity (Wildman–Crippen MR) is 172 cm³/mol. The number of carbonyl (C=O) groups excluding carboxylic acids is 4. The lowest BCUT2D eigenvalue weighted by Crippen LogP contribution is -2.70. The van der Waals surface area contributed by atoms with Gasteiger partial charge in [0, 0.05) is 35.7 Å². The van der Waals surface area contributed by atoms with Gasteiger partial charge in [-0.25, -0.2) is 18.4 Å². The van der Waals surface area contributed by atoms with E-state index in [2.05, 4.69) is 0 Å². The molecule has 2 aromatic rings. The molecule has 49 heavy (non-hydrogen) atoms. The van der Waals surface area contributed by atoms with Crippen LogP contribution in [0.2, 0.25) is 5.02 Å². The molecule has 0 radical (unpaired) electrons. The number of hydrogen-bond donors (Lipinski definition) is 1. The van der Waals surface area contributed by atoms with Gasteiger partial charge < -0.3 is 24.1 Å². The quantitative estimate of drug-likeness (QED) is 0.239. The number of ketones is 1. The minimum absolute atomic E-state index is 0.0513. The van der Waals surface area contributed by atoms with Crippen molar-refractivity contribution in [3.8, 4) is 17.2 Å². The highest BCUT2D eigenvalue weighted by Crippen LogP contribution is 2.71. The van der Waals surface area contributed by atoms with E-state index in [1.165, 1.54) is 61.5 Å². The molecular weight excluding hydrogens is 662 g/mol. The van der Waals surface area contributed by atoms with Gasteiger partial charge in [0.1, 0.15) is 17.2 Å². The number of esters is 3. The van der Waals surface area contributed by atoms with Gasteiger partial charge in [-0.2, -0.15) is 0 Å². The third-order valence-electron chi connectivity index (χ3n) is 11.4. The molecule has 9 nitrogen and oxygen atoms in total. The average molecular weight is 699 g/mol. The van der Waals surface area contributed by atoms with Crippen LogP contribution >= 0.6 is 11.6 Å². The van der Waals surface area contributed by atoms with Crippen LogP contribution in [0.15, 0.2) is 66.3 Å². The topological polar surface area (TPSA) is 125 Å². The van der Waals surface area contributed by atoms with E-state index >= 15 is 4.39 Å². The molecule has 0 spiro atoms. The van der Waals surface area contributed by atoms with Gasteiger partial charge in [-0.1, -0.05) is 37.1 Å². The summed E-state index contributed by atoms with van der Waals surface area (Å²) >= 11 is 6.18. The Morgan fingerprint density at radius 2 is 1.76 bits per heavy atom. The zero-order valence-corrected chi connectivity index (χ0v) is 28.2. The van der Waals surface area contributed by atoms with Crippen molar-refractivity contribution in [1.82, 2.24) is 0 Å². The van der Waals surface area contributed by atoms with Crippen molar-refractivity contribution < 1.29 is 52.0 Å². The second kappa shape index (κ2) is 12.4. The van der Waals surface area contributed by atoms with E-state index < -0.39 is 70.7 Å². The summed E-state index contributed by atoms with van der Waals surface area (Å²) in [4.78, 5) is 51.0. The van der Waals surface area contributed by atoms with Gasteiger partial charge in [0.15, 0.2) is 11.5 Å². The first kappa shape index (κ1) is 34.8. The molecule has 0 unspecified atom stereocenters. The number of halogens is 3. The first-order valence-electron chi connectivity index (χ1n) is 16.1. The Labute approximate surface area is 287 Å². The number of allylic oxidation sites excluding steroid dienone is 4. The third-order valence-corrected chi connectivity index (χ3v) is 11.7. The Hall–Kier alpha value is -4.09. The molecule has 0 bridgehead atoms. The highest BCUT2D eigenvalue weighted by molar-refractivity contribution is 6.32. The summed E-state index contributed by atoms with van der Waals surface area (Å²) in [5.41, 5.74) is -6.15. The number of aliphatic hydroxyl groups is 1. The number of ether oxygens (including phenoxy) is 4. The minimum Gasteiger partial charge on any atom is -0.457 e. The van der Waals surface area contributed by atoms with Crippen LogP contribution in [0.1, 0.15) is 63.7 Å². The molecule has 2 aromatic carbocycles. The second-order valence-corrected chi connectivity index (χ2v) is 14.3. The van der Waals surface area contributed by atoms with Gasteiger partial charge in [0.05, 0.1) is 16.7 Å². The van der Waals surface area contributed by atoms with Crippen LogP contribution in [0.4, 0.5) is 8.78 Å². The molecule has 0 heterocycles. The van der Waals surface area contributed by atoms with E-state index in [9.17, 15) is 28.7 Å². The van der Waals surface area contributed by atoms with Gasteiger partial charge >= 0.3 is 17.9 Å². The summed E-state index contributed by atoms with van der Waals surface area (Å²) in [6.07, 6.45) is 3.36. The smallest absolute Gasteiger partial charge is 0.353 e. The molecule has 0 saturated heterocycles. The van der Waals surface area contributed by atoms with Crippen LogP contribution in [-0.4, -0.2) is 53.0 Å². The van der Waals surface area contributed by atoms with Gasteiger partial charge in [-0.15, -0.1) is 0 Å². The van der Waals surface area contributed by atoms with Crippen molar-refractivity contribution in [3.05, 3.63) is 76.9 Å². The standard InChI is InChI=1S/C37H37ClF2O9/c1-20-15-28-27-11-7-23-16-24(42)13-14-34(23,3)36(27,40)31(43)18-35(28,4)37(20,33(45)46-19-39)49-32(44)22-5-8-25(9-6-22)48-26-10-12-30(29(38)17-26)47-21(2)41/h5-6,8-10,12-14,16-17,20,27-28,31,43H,7,11,15,18-19H2,1-4H3/t20-,27+,28+,31+,34+,35+,36+,37+/m1/s1. The van der Waals surface area contributed by atoms with Crippen LogP contribution in [0.5, 0.6) is 17.2 Å². The van der Waals surface area contributed by atoms with Crippen LogP contribution in [0.25, 0.3) is 0 Å². The lowest BCUT2D eigenvalue weighted by atomic mass is 9.44. The zero-order chi connectivity index (χ0) is 35.5. The summed E-state index contributed by atoms with van der Waals surface area (Å²) in [5.74, 6) is -3.99. The maximum Gasteiger partial charge on any atom is 0.353 e. The number of rotatable bonds is 7. The van der Waals surface area contributed by atoms with Crippen molar-refractivity contribution in [1.29, 1.82) is 0 Å². The number of benzene rings is 2. The molecule has 3 fully saturated rings. The number of hydrogen-bond acceptors (Lipinski definition) is 9. The molecule has 0 aliphatic heterocycles. The first-order valence-corrected chi connectivity index (χ1v) is 16.5. The fraction of sp³-hybridized carbons (Fsp3) is 0.459. The number of aliphatic hydroxyl groups excluding tert-OH is 1. The molecule has 260 valence electrons. The number of alkyl halides is 2. The summed E-state index contributed by atoms with van der Waals surface area (Å²) in [6.45, 7) is 4.84. The summed E-state index contributed by atoms with van der Waals surface area (Å²) < 4.78 is 53.1. The lowest BCUT2D eigenvalue weighted by Gasteiger charge is -2.62. The summed E-state index contributed by atoms with van der Waals surface area (Å²) in [5, 5.41) is 11.9. The Kier molecular flexibility index (Phi) is 8.76. The molecule has 8 atom stereocenters. The Bertz CT molecular complexity index is 1780. The van der Waals surface area contributed by atoms with Crippen LogP contribution in [-0.2, 0) is 23.9 Å². The van der Waals surface area contributed by atoms with E-state index in [0.29, 0.717) is 29.9 Å². The maximum absolute atomic E-state index is 17.6. The molecule has 1 N–H and O–H groups in total. The Morgan fingerprint density at radius 1 is 1.06 bits per heavy atom. The van der Waals surface area contributed by atoms with E-state index in [-0.39, 0.29) is 35.0 Å². The zero-order valence-electron chi connectivity index (χ0n) is 27.5. The molecule has 0 aromatic heterocycles. The van der Waals surface area contributed by atoms with Crippen molar-refractivity contribution >= 4 is 35.3 Å². The molecule has 4 aliphatic rings. The molecule has 4 aliphatic carbocycles. The fourth-order valence-corrected chi connectivity index (χ4v) is 9.37. The summed E-state index contributed by atoms with van der Waals surface area (Å²) in [7, 11) is 0. The average Bonchev–Trinajstić information content (AvgIpc) is 3.26. The van der Waals surface area contributed by atoms with Gasteiger partial charge in [-0.3, -0.25) is 9.59 Å². The largest absolute Gasteiger partial charge is 0.457 e. The molecule has 0 amide bonds.